The number of aromatic nitrogens is 2. The molecule has 7 heteroatoms. The molecule has 3 atom stereocenters. The first kappa shape index (κ1) is 17.1. The fourth-order valence-corrected chi connectivity index (χ4v) is 3.90. The zero-order chi connectivity index (χ0) is 17.9. The molecule has 3 heterocycles. The molecule has 0 bridgehead atoms. The number of amides is 1. The maximum Gasteiger partial charge on any atom is 0.274 e. The van der Waals surface area contributed by atoms with Crippen LogP contribution in [0.1, 0.15) is 41.4 Å². The standard InChI is InChI=1S/C19H22FN5O/c20-15-5-3-13(4-6-15)16-10-17(24-23-16)14-2-1-9-25(12-14)19(26)18-11-21-7-8-22-18/h3-8,11,14,16-17,23-24H,1-2,9-10,12H2. The Morgan fingerprint density at radius 1 is 1.19 bits per heavy atom. The maximum absolute atomic E-state index is 13.1. The summed E-state index contributed by atoms with van der Waals surface area (Å²) in [7, 11) is 0. The molecule has 1 aromatic carbocycles. The summed E-state index contributed by atoms with van der Waals surface area (Å²) in [6, 6.07) is 7.07. The van der Waals surface area contributed by atoms with Gasteiger partial charge in [0, 0.05) is 37.6 Å². The number of hydrogen-bond donors (Lipinski definition) is 2. The molecule has 136 valence electrons. The number of piperidine rings is 1. The summed E-state index contributed by atoms with van der Waals surface area (Å²) in [6.07, 6.45) is 7.62. The van der Waals surface area contributed by atoms with E-state index < -0.39 is 0 Å². The predicted octanol–water partition coefficient (Wildman–Crippen LogP) is 2.08. The van der Waals surface area contributed by atoms with Crippen molar-refractivity contribution in [3.8, 4) is 0 Å². The molecule has 2 aliphatic rings. The Bertz CT molecular complexity index is 754. The summed E-state index contributed by atoms with van der Waals surface area (Å²) >= 11 is 0. The molecule has 2 aromatic rings. The van der Waals surface area contributed by atoms with Crippen LogP contribution >= 0.6 is 0 Å². The minimum atomic E-state index is -0.221. The molecular formula is C19H22FN5O. The van der Waals surface area contributed by atoms with Crippen molar-refractivity contribution in [2.24, 2.45) is 5.92 Å². The average Bonchev–Trinajstić information content (AvgIpc) is 3.19. The number of nitrogens with one attached hydrogen (secondary N) is 2. The SMILES string of the molecule is O=C(c1cnccn1)N1CCCC(C2CC(c3ccc(F)cc3)NN2)C1. The van der Waals surface area contributed by atoms with Crippen LogP contribution in [0.3, 0.4) is 0 Å². The van der Waals surface area contributed by atoms with Gasteiger partial charge in [-0.2, -0.15) is 0 Å². The molecule has 26 heavy (non-hydrogen) atoms. The lowest BCUT2D eigenvalue weighted by Crippen LogP contribution is -2.47. The Hall–Kier alpha value is -2.38. The van der Waals surface area contributed by atoms with Gasteiger partial charge in [-0.15, -0.1) is 0 Å². The number of hydrazine groups is 1. The second-order valence-electron chi connectivity index (χ2n) is 6.98. The molecule has 4 rings (SSSR count). The third kappa shape index (κ3) is 3.59. The van der Waals surface area contributed by atoms with Crippen molar-refractivity contribution in [1.29, 1.82) is 0 Å². The Balaban J connectivity index is 1.39. The summed E-state index contributed by atoms with van der Waals surface area (Å²) in [5, 5.41) is 0. The van der Waals surface area contributed by atoms with E-state index >= 15 is 0 Å². The van der Waals surface area contributed by atoms with Crippen molar-refractivity contribution in [3.05, 3.63) is 59.9 Å². The molecule has 2 N–H and O–H groups in total. The fourth-order valence-electron chi connectivity index (χ4n) is 3.90. The molecule has 2 fully saturated rings. The molecule has 3 unspecified atom stereocenters. The van der Waals surface area contributed by atoms with E-state index in [0.29, 0.717) is 18.2 Å². The molecule has 1 amide bonds. The van der Waals surface area contributed by atoms with Crippen LogP contribution in [0.5, 0.6) is 0 Å². The van der Waals surface area contributed by atoms with Gasteiger partial charge < -0.3 is 4.90 Å². The van der Waals surface area contributed by atoms with Crippen molar-refractivity contribution >= 4 is 5.91 Å². The van der Waals surface area contributed by atoms with E-state index in [2.05, 4.69) is 20.8 Å². The summed E-state index contributed by atoms with van der Waals surface area (Å²) in [6.45, 7) is 1.47. The van der Waals surface area contributed by atoms with E-state index in [4.69, 9.17) is 0 Å². The van der Waals surface area contributed by atoms with E-state index in [1.54, 1.807) is 12.4 Å². The van der Waals surface area contributed by atoms with Gasteiger partial charge in [-0.05, 0) is 42.9 Å². The number of halogens is 1. The molecule has 6 nitrogen and oxygen atoms in total. The topological polar surface area (TPSA) is 70.2 Å². The molecule has 1 aromatic heterocycles. The fraction of sp³-hybridized carbons (Fsp3) is 0.421. The maximum atomic E-state index is 13.1. The molecule has 0 spiro atoms. The van der Waals surface area contributed by atoms with Crippen LogP contribution < -0.4 is 10.9 Å². The first-order chi connectivity index (χ1) is 12.7. The Morgan fingerprint density at radius 2 is 2.04 bits per heavy atom. The summed E-state index contributed by atoms with van der Waals surface area (Å²) in [4.78, 5) is 22.6. The second kappa shape index (κ2) is 7.47. The molecule has 0 aliphatic carbocycles. The number of carbonyl (C=O) groups is 1. The zero-order valence-corrected chi connectivity index (χ0v) is 14.4. The van der Waals surface area contributed by atoms with Crippen molar-refractivity contribution in [3.63, 3.8) is 0 Å². The van der Waals surface area contributed by atoms with E-state index in [-0.39, 0.29) is 23.8 Å². The lowest BCUT2D eigenvalue weighted by molar-refractivity contribution is 0.0642. The van der Waals surface area contributed by atoms with Gasteiger partial charge in [0.25, 0.3) is 5.91 Å². The third-order valence-corrected chi connectivity index (χ3v) is 5.30. The van der Waals surface area contributed by atoms with Gasteiger partial charge in [-0.25, -0.2) is 9.37 Å². The molecule has 0 radical (unpaired) electrons. The lowest BCUT2D eigenvalue weighted by atomic mass is 9.87. The summed E-state index contributed by atoms with van der Waals surface area (Å²) < 4.78 is 13.1. The van der Waals surface area contributed by atoms with Gasteiger partial charge in [0.05, 0.1) is 6.20 Å². The van der Waals surface area contributed by atoms with E-state index in [9.17, 15) is 9.18 Å². The lowest BCUT2D eigenvalue weighted by Gasteiger charge is -2.35. The Morgan fingerprint density at radius 3 is 2.81 bits per heavy atom. The zero-order valence-electron chi connectivity index (χ0n) is 14.4. The van der Waals surface area contributed by atoms with Crippen LogP contribution in [0, 0.1) is 11.7 Å². The number of benzene rings is 1. The normalized spacial score (nSPS) is 26.0. The minimum Gasteiger partial charge on any atom is -0.337 e. The van der Waals surface area contributed by atoms with Gasteiger partial charge in [0.2, 0.25) is 0 Å². The Kier molecular flexibility index (Phi) is 4.90. The number of likely N-dealkylation sites (tertiary alicyclic amines) is 1. The molecule has 2 aliphatic heterocycles. The molecule has 0 saturated carbocycles. The van der Waals surface area contributed by atoms with E-state index in [0.717, 1.165) is 31.4 Å². The number of nitrogens with zero attached hydrogens (tertiary/aromatic N) is 3. The number of hydrogen-bond acceptors (Lipinski definition) is 5. The third-order valence-electron chi connectivity index (χ3n) is 5.30. The van der Waals surface area contributed by atoms with Gasteiger partial charge in [0.15, 0.2) is 0 Å². The molecule has 2 saturated heterocycles. The van der Waals surface area contributed by atoms with Crippen molar-refractivity contribution < 1.29 is 9.18 Å². The first-order valence-electron chi connectivity index (χ1n) is 9.02. The number of rotatable bonds is 3. The highest BCUT2D eigenvalue weighted by Crippen LogP contribution is 2.30. The van der Waals surface area contributed by atoms with Crippen LogP contribution in [-0.2, 0) is 0 Å². The van der Waals surface area contributed by atoms with E-state index in [1.165, 1.54) is 18.3 Å². The average molecular weight is 355 g/mol. The van der Waals surface area contributed by atoms with E-state index in [1.807, 2.05) is 17.0 Å². The van der Waals surface area contributed by atoms with Crippen molar-refractivity contribution in [1.82, 2.24) is 25.7 Å². The molecular weight excluding hydrogens is 333 g/mol. The monoisotopic (exact) mass is 355 g/mol. The van der Waals surface area contributed by atoms with Crippen molar-refractivity contribution in [2.45, 2.75) is 31.3 Å². The highest BCUT2D eigenvalue weighted by molar-refractivity contribution is 5.92. The summed E-state index contributed by atoms with van der Waals surface area (Å²) in [5.74, 6) is 0.105. The van der Waals surface area contributed by atoms with Crippen LogP contribution in [-0.4, -0.2) is 39.9 Å². The van der Waals surface area contributed by atoms with Crippen LogP contribution in [0.4, 0.5) is 4.39 Å². The Labute approximate surface area is 151 Å². The highest BCUT2D eigenvalue weighted by Gasteiger charge is 2.35. The second-order valence-corrected chi connectivity index (χ2v) is 6.98. The smallest absolute Gasteiger partial charge is 0.274 e. The van der Waals surface area contributed by atoms with Crippen LogP contribution in [0.15, 0.2) is 42.9 Å². The van der Waals surface area contributed by atoms with Crippen molar-refractivity contribution in [2.75, 3.05) is 13.1 Å². The number of carbonyl (C=O) groups excluding carboxylic acids is 1. The van der Waals surface area contributed by atoms with Gasteiger partial charge >= 0.3 is 0 Å². The highest BCUT2D eigenvalue weighted by atomic mass is 19.1. The predicted molar refractivity (Wildman–Crippen MR) is 94.5 cm³/mol. The van der Waals surface area contributed by atoms with Gasteiger partial charge in [-0.1, -0.05) is 12.1 Å². The largest absolute Gasteiger partial charge is 0.337 e. The quantitative estimate of drug-likeness (QED) is 0.882. The van der Waals surface area contributed by atoms with Gasteiger partial charge in [-0.3, -0.25) is 20.6 Å². The van der Waals surface area contributed by atoms with Crippen LogP contribution in [0.25, 0.3) is 0 Å². The first-order valence-corrected chi connectivity index (χ1v) is 9.02. The summed E-state index contributed by atoms with van der Waals surface area (Å²) in [5.41, 5.74) is 8.17. The van der Waals surface area contributed by atoms with Gasteiger partial charge in [0.1, 0.15) is 11.5 Å². The minimum absolute atomic E-state index is 0.0520. The van der Waals surface area contributed by atoms with Crippen LogP contribution in [0.2, 0.25) is 0 Å².